The van der Waals surface area contributed by atoms with Crippen LogP contribution in [0.3, 0.4) is 0 Å². The zero-order chi connectivity index (χ0) is 18.6. The van der Waals surface area contributed by atoms with Crippen molar-refractivity contribution in [2.45, 2.75) is 27.2 Å². The van der Waals surface area contributed by atoms with Gasteiger partial charge in [-0.2, -0.15) is 5.10 Å². The second-order valence-electron chi connectivity index (χ2n) is 6.56. The van der Waals surface area contributed by atoms with Crippen LogP contribution in [0.15, 0.2) is 24.3 Å². The number of benzene rings is 1. The second kappa shape index (κ2) is 8.16. The summed E-state index contributed by atoms with van der Waals surface area (Å²) in [5.74, 6) is -0.141. The summed E-state index contributed by atoms with van der Waals surface area (Å²) in [5.41, 5.74) is 5.01. The van der Waals surface area contributed by atoms with Crippen molar-refractivity contribution in [3.8, 4) is 0 Å². The molecule has 25 heavy (non-hydrogen) atoms. The van der Waals surface area contributed by atoms with E-state index in [0.717, 1.165) is 28.3 Å². The fraction of sp³-hybridized carbons (Fsp3) is 0.474. The number of aliphatic hydroxyl groups excluding tert-OH is 1. The molecule has 1 unspecified atom stereocenters. The van der Waals surface area contributed by atoms with Gasteiger partial charge in [0.1, 0.15) is 0 Å². The topological polar surface area (TPSA) is 70.4 Å². The van der Waals surface area contributed by atoms with Crippen LogP contribution in [0, 0.1) is 19.8 Å². The fourth-order valence-electron chi connectivity index (χ4n) is 2.86. The lowest BCUT2D eigenvalue weighted by Gasteiger charge is -2.18. The van der Waals surface area contributed by atoms with Gasteiger partial charge in [0.2, 0.25) is 5.91 Å². The number of hydrogen-bond donors (Lipinski definition) is 2. The quantitative estimate of drug-likeness (QED) is 0.808. The Kier molecular flexibility index (Phi) is 6.20. The first kappa shape index (κ1) is 19.0. The van der Waals surface area contributed by atoms with Crippen molar-refractivity contribution in [3.63, 3.8) is 0 Å². The molecule has 1 heterocycles. The van der Waals surface area contributed by atoms with Crippen LogP contribution in [0.4, 0.5) is 11.4 Å². The molecule has 1 atom stereocenters. The molecule has 0 spiro atoms. The number of carbonyl (C=O) groups excluding carboxylic acids is 1. The molecule has 0 saturated heterocycles. The minimum Gasteiger partial charge on any atom is -0.395 e. The van der Waals surface area contributed by atoms with Crippen LogP contribution in [0.5, 0.6) is 0 Å². The number of nitrogens with one attached hydrogen (secondary N) is 1. The highest BCUT2D eigenvalue weighted by molar-refractivity contribution is 5.92. The maximum atomic E-state index is 12.5. The summed E-state index contributed by atoms with van der Waals surface area (Å²) < 4.78 is 1.86. The van der Waals surface area contributed by atoms with Crippen LogP contribution in [0.25, 0.3) is 0 Å². The number of likely N-dealkylation sites (N-methyl/N-ethyl adjacent to an activating group) is 1. The molecule has 0 bridgehead atoms. The Labute approximate surface area is 149 Å². The van der Waals surface area contributed by atoms with Crippen molar-refractivity contribution in [3.05, 3.63) is 41.2 Å². The number of amides is 1. The van der Waals surface area contributed by atoms with E-state index < -0.39 is 0 Å². The molecule has 6 nitrogen and oxygen atoms in total. The normalized spacial score (nSPS) is 12.1. The molecule has 0 aliphatic rings. The number of aryl methyl sites for hydroxylation is 2. The van der Waals surface area contributed by atoms with Crippen molar-refractivity contribution < 1.29 is 9.90 Å². The van der Waals surface area contributed by atoms with Gasteiger partial charge in [0.25, 0.3) is 0 Å². The lowest BCUT2D eigenvalue weighted by atomic mass is 9.99. The monoisotopic (exact) mass is 344 g/mol. The molecule has 1 aromatic carbocycles. The average molecular weight is 344 g/mol. The van der Waals surface area contributed by atoms with Crippen LogP contribution in [0.2, 0.25) is 0 Å². The smallest absolute Gasteiger partial charge is 0.227 e. The molecule has 1 amide bonds. The Hall–Kier alpha value is -2.34. The van der Waals surface area contributed by atoms with Gasteiger partial charge in [0.15, 0.2) is 0 Å². The molecule has 0 fully saturated rings. The Bertz CT molecular complexity index is 722. The second-order valence-corrected chi connectivity index (χ2v) is 6.56. The van der Waals surface area contributed by atoms with Gasteiger partial charge in [-0.3, -0.25) is 9.48 Å². The number of rotatable bonds is 7. The van der Waals surface area contributed by atoms with Crippen molar-refractivity contribution in [1.82, 2.24) is 9.78 Å². The molecule has 0 radical (unpaired) electrons. The molecular formula is C19H28N4O2. The highest BCUT2D eigenvalue weighted by Crippen LogP contribution is 2.20. The van der Waals surface area contributed by atoms with Crippen LogP contribution >= 0.6 is 0 Å². The van der Waals surface area contributed by atoms with E-state index in [1.54, 1.807) is 0 Å². The first-order valence-corrected chi connectivity index (χ1v) is 8.55. The summed E-state index contributed by atoms with van der Waals surface area (Å²) in [6, 6.07) is 7.64. The molecule has 2 aromatic rings. The van der Waals surface area contributed by atoms with E-state index in [1.165, 1.54) is 0 Å². The molecule has 0 aliphatic carbocycles. The van der Waals surface area contributed by atoms with Gasteiger partial charge in [-0.25, -0.2) is 0 Å². The van der Waals surface area contributed by atoms with Crippen molar-refractivity contribution >= 4 is 17.3 Å². The average Bonchev–Trinajstić information content (AvgIpc) is 2.82. The number of anilines is 2. The number of aliphatic hydroxyl groups is 1. The third-order valence-corrected chi connectivity index (χ3v) is 4.63. The van der Waals surface area contributed by atoms with Gasteiger partial charge in [-0.1, -0.05) is 6.92 Å². The summed E-state index contributed by atoms with van der Waals surface area (Å²) in [6.07, 6.45) is 0.675. The predicted octanol–water partition coefficient (Wildman–Crippen LogP) is 2.28. The Balaban J connectivity index is 1.99. The first-order valence-electron chi connectivity index (χ1n) is 8.55. The summed E-state index contributed by atoms with van der Waals surface area (Å²) in [4.78, 5) is 14.4. The third-order valence-electron chi connectivity index (χ3n) is 4.63. The third kappa shape index (κ3) is 4.60. The molecule has 2 N–H and O–H groups in total. The molecular weight excluding hydrogens is 316 g/mol. The van der Waals surface area contributed by atoms with Crippen LogP contribution in [-0.4, -0.2) is 41.0 Å². The van der Waals surface area contributed by atoms with E-state index in [0.29, 0.717) is 13.0 Å². The van der Waals surface area contributed by atoms with Crippen LogP contribution in [0.1, 0.15) is 23.9 Å². The van der Waals surface area contributed by atoms with Gasteiger partial charge in [-0.15, -0.1) is 0 Å². The summed E-state index contributed by atoms with van der Waals surface area (Å²) in [6.45, 7) is 6.63. The Morgan fingerprint density at radius 2 is 1.96 bits per heavy atom. The number of nitrogens with zero attached hydrogens (tertiary/aromatic N) is 3. The zero-order valence-corrected chi connectivity index (χ0v) is 15.7. The molecule has 0 saturated carbocycles. The Morgan fingerprint density at radius 1 is 1.32 bits per heavy atom. The van der Waals surface area contributed by atoms with E-state index in [1.807, 2.05) is 68.7 Å². The first-order chi connectivity index (χ1) is 11.8. The highest BCUT2D eigenvalue weighted by Gasteiger charge is 2.18. The molecule has 136 valence electrons. The van der Waals surface area contributed by atoms with Crippen molar-refractivity contribution in [2.24, 2.45) is 13.0 Å². The van der Waals surface area contributed by atoms with Crippen LogP contribution < -0.4 is 10.2 Å². The van der Waals surface area contributed by atoms with Gasteiger partial charge < -0.3 is 15.3 Å². The predicted molar refractivity (Wildman–Crippen MR) is 101 cm³/mol. The minimum atomic E-state index is -0.140. The summed E-state index contributed by atoms with van der Waals surface area (Å²) >= 11 is 0. The lowest BCUT2D eigenvalue weighted by molar-refractivity contribution is -0.119. The van der Waals surface area contributed by atoms with Gasteiger partial charge >= 0.3 is 0 Å². The number of aromatic nitrogens is 2. The van der Waals surface area contributed by atoms with Gasteiger partial charge in [0.05, 0.1) is 12.3 Å². The zero-order valence-electron chi connectivity index (χ0n) is 15.7. The largest absolute Gasteiger partial charge is 0.395 e. The molecule has 1 aromatic heterocycles. The molecule has 6 heteroatoms. The van der Waals surface area contributed by atoms with Crippen LogP contribution in [-0.2, 0) is 18.3 Å². The maximum absolute atomic E-state index is 12.5. The Morgan fingerprint density at radius 3 is 2.48 bits per heavy atom. The lowest BCUT2D eigenvalue weighted by Crippen LogP contribution is -2.23. The van der Waals surface area contributed by atoms with E-state index in [-0.39, 0.29) is 18.4 Å². The SMILES string of the molecule is Cc1nn(C)c(C)c1CC(C)C(=O)Nc1ccc(N(C)CCO)cc1. The minimum absolute atomic E-state index is 0.000819. The molecule has 0 aliphatic heterocycles. The van der Waals surface area contributed by atoms with E-state index in [4.69, 9.17) is 5.11 Å². The fourth-order valence-corrected chi connectivity index (χ4v) is 2.86. The van der Waals surface area contributed by atoms with E-state index in [9.17, 15) is 4.79 Å². The number of carbonyl (C=O) groups is 1. The standard InChI is InChI=1S/C19H28N4O2/c1-13(12-18-14(2)21-23(5)15(18)3)19(25)20-16-6-8-17(9-7-16)22(4)10-11-24/h6-9,13,24H,10-12H2,1-5H3,(H,20,25). The van der Waals surface area contributed by atoms with E-state index >= 15 is 0 Å². The van der Waals surface area contributed by atoms with Crippen molar-refractivity contribution in [1.29, 1.82) is 0 Å². The number of hydrogen-bond acceptors (Lipinski definition) is 4. The summed E-state index contributed by atoms with van der Waals surface area (Å²) in [7, 11) is 3.84. The maximum Gasteiger partial charge on any atom is 0.227 e. The van der Waals surface area contributed by atoms with E-state index in [2.05, 4.69) is 10.4 Å². The molecule has 2 rings (SSSR count). The van der Waals surface area contributed by atoms with Gasteiger partial charge in [0, 0.05) is 43.6 Å². The van der Waals surface area contributed by atoms with Gasteiger partial charge in [-0.05, 0) is 50.1 Å². The van der Waals surface area contributed by atoms with Crippen molar-refractivity contribution in [2.75, 3.05) is 30.4 Å². The summed E-state index contributed by atoms with van der Waals surface area (Å²) in [5, 5.41) is 16.4. The highest BCUT2D eigenvalue weighted by atomic mass is 16.3.